The van der Waals surface area contributed by atoms with E-state index < -0.39 is 0 Å². The minimum absolute atomic E-state index is 0.0650. The predicted octanol–water partition coefficient (Wildman–Crippen LogP) is 3.59. The largest absolute Gasteiger partial charge is 0.462 e. The van der Waals surface area contributed by atoms with Crippen LogP contribution in [0.2, 0.25) is 0 Å². The fourth-order valence-corrected chi connectivity index (χ4v) is 4.32. The van der Waals surface area contributed by atoms with Gasteiger partial charge in [0.15, 0.2) is 11.5 Å². The molecule has 0 spiro atoms. The van der Waals surface area contributed by atoms with Gasteiger partial charge in [0.1, 0.15) is 16.0 Å². The number of fused-ring (bicyclic) bond motifs is 3. The fraction of sp³-hybridized carbons (Fsp3) is 0.353. The van der Waals surface area contributed by atoms with Crippen LogP contribution in [0.25, 0.3) is 15.9 Å². The van der Waals surface area contributed by atoms with Gasteiger partial charge in [0.25, 0.3) is 0 Å². The Hall–Kier alpha value is -2.33. The monoisotopic (exact) mass is 448 g/mol. The molecule has 0 aliphatic heterocycles. The van der Waals surface area contributed by atoms with Gasteiger partial charge in [-0.3, -0.25) is 4.68 Å². The van der Waals surface area contributed by atoms with Crippen LogP contribution in [0.4, 0.5) is 0 Å². The highest BCUT2D eigenvalue weighted by atomic mass is 79.9. The highest BCUT2D eigenvalue weighted by Crippen LogP contribution is 2.32. The number of ether oxygens (including phenoxy) is 1. The molecule has 1 atom stereocenters. The first-order chi connectivity index (χ1) is 13.0. The van der Waals surface area contributed by atoms with Crippen LogP contribution in [-0.4, -0.2) is 41.9 Å². The van der Waals surface area contributed by atoms with Gasteiger partial charge < -0.3 is 4.74 Å². The van der Waals surface area contributed by atoms with Gasteiger partial charge in [-0.15, -0.1) is 16.4 Å². The van der Waals surface area contributed by atoms with Gasteiger partial charge >= 0.3 is 5.97 Å². The molecule has 0 aliphatic carbocycles. The molecule has 4 aromatic heterocycles. The minimum atomic E-state index is -0.325. The zero-order chi connectivity index (χ0) is 19.1. The lowest BCUT2D eigenvalue weighted by Gasteiger charge is -2.06. The number of thiophene rings is 1. The summed E-state index contributed by atoms with van der Waals surface area (Å²) in [5.41, 5.74) is 1.53. The first-order valence-corrected chi connectivity index (χ1v) is 10.1. The van der Waals surface area contributed by atoms with Crippen molar-refractivity contribution in [1.29, 1.82) is 0 Å². The molecule has 4 heterocycles. The Bertz CT molecular complexity index is 1150. The smallest absolute Gasteiger partial charge is 0.348 e. The molecule has 140 valence electrons. The summed E-state index contributed by atoms with van der Waals surface area (Å²) in [4.78, 5) is 22.7. The maximum atomic E-state index is 12.2. The second-order valence-electron chi connectivity index (χ2n) is 6.22. The molecule has 0 radical (unpaired) electrons. The summed E-state index contributed by atoms with van der Waals surface area (Å²) >= 11 is 4.73. The molecule has 0 unspecified atom stereocenters. The standard InChI is InChI=1S/C17H17BrN6O2S/c1-4-26-17(25)13-10(3)12-15-21-14(22-24(15)8-19-16(12)27-13)9(2)6-23-7-11(18)5-20-23/h5,7-9H,4,6H2,1-3H3/t9-/m0/s1. The van der Waals surface area contributed by atoms with Gasteiger partial charge in [-0.1, -0.05) is 6.92 Å². The van der Waals surface area contributed by atoms with E-state index in [2.05, 4.69) is 38.0 Å². The van der Waals surface area contributed by atoms with Crippen LogP contribution in [-0.2, 0) is 11.3 Å². The molecule has 4 aromatic rings. The van der Waals surface area contributed by atoms with Crippen molar-refractivity contribution in [2.45, 2.75) is 33.2 Å². The second kappa shape index (κ2) is 7.01. The van der Waals surface area contributed by atoms with E-state index >= 15 is 0 Å². The molecule has 0 aromatic carbocycles. The van der Waals surface area contributed by atoms with Crippen molar-refractivity contribution in [3.05, 3.63) is 39.5 Å². The number of aryl methyl sites for hydroxylation is 1. The van der Waals surface area contributed by atoms with E-state index in [9.17, 15) is 4.79 Å². The zero-order valence-electron chi connectivity index (χ0n) is 15.0. The molecule has 0 saturated carbocycles. The van der Waals surface area contributed by atoms with Crippen molar-refractivity contribution in [3.8, 4) is 0 Å². The summed E-state index contributed by atoms with van der Waals surface area (Å²) < 4.78 is 9.60. The van der Waals surface area contributed by atoms with Gasteiger partial charge in [0.05, 0.1) is 29.2 Å². The van der Waals surface area contributed by atoms with E-state index in [0.29, 0.717) is 29.5 Å². The average molecular weight is 449 g/mol. The molecule has 0 bridgehead atoms. The molecule has 4 rings (SSSR count). The maximum absolute atomic E-state index is 12.2. The quantitative estimate of drug-likeness (QED) is 0.433. The predicted molar refractivity (Wildman–Crippen MR) is 105 cm³/mol. The Morgan fingerprint density at radius 3 is 2.96 bits per heavy atom. The summed E-state index contributed by atoms with van der Waals surface area (Å²) in [6, 6.07) is 0. The first kappa shape index (κ1) is 18.1. The van der Waals surface area contributed by atoms with Crippen molar-refractivity contribution < 1.29 is 9.53 Å². The van der Waals surface area contributed by atoms with E-state index in [1.165, 1.54) is 11.3 Å². The number of hydrogen-bond donors (Lipinski definition) is 0. The number of esters is 1. The molecule has 27 heavy (non-hydrogen) atoms. The fourth-order valence-electron chi connectivity index (χ4n) is 2.95. The number of carbonyl (C=O) groups is 1. The number of hydrogen-bond acceptors (Lipinski definition) is 7. The van der Waals surface area contributed by atoms with Crippen molar-refractivity contribution in [1.82, 2.24) is 29.4 Å². The topological polar surface area (TPSA) is 87.2 Å². The molecule has 0 saturated heterocycles. The van der Waals surface area contributed by atoms with Crippen LogP contribution in [0.15, 0.2) is 23.2 Å². The van der Waals surface area contributed by atoms with E-state index in [0.717, 1.165) is 20.3 Å². The van der Waals surface area contributed by atoms with E-state index in [1.807, 2.05) is 17.8 Å². The summed E-state index contributed by atoms with van der Waals surface area (Å²) in [6.45, 7) is 6.74. The molecule has 10 heteroatoms. The summed E-state index contributed by atoms with van der Waals surface area (Å²) in [5.74, 6) is 0.447. The Labute approximate surface area is 167 Å². The van der Waals surface area contributed by atoms with Gasteiger partial charge in [0.2, 0.25) is 0 Å². The Kier molecular flexibility index (Phi) is 4.68. The third kappa shape index (κ3) is 3.23. The maximum Gasteiger partial charge on any atom is 0.348 e. The third-order valence-electron chi connectivity index (χ3n) is 4.25. The number of carbonyl (C=O) groups excluding carboxylic acids is 1. The van der Waals surface area contributed by atoms with Crippen LogP contribution in [0, 0.1) is 6.92 Å². The van der Waals surface area contributed by atoms with Gasteiger partial charge in [0, 0.05) is 12.1 Å². The number of aromatic nitrogens is 6. The Balaban J connectivity index is 1.75. The summed E-state index contributed by atoms with van der Waals surface area (Å²) in [5, 5.41) is 9.71. The lowest BCUT2D eigenvalue weighted by Crippen LogP contribution is -2.08. The number of halogens is 1. The van der Waals surface area contributed by atoms with Gasteiger partial charge in [-0.25, -0.2) is 19.3 Å². The summed E-state index contributed by atoms with van der Waals surface area (Å²) in [7, 11) is 0. The number of rotatable bonds is 5. The van der Waals surface area contributed by atoms with Gasteiger partial charge in [-0.2, -0.15) is 5.10 Å². The number of nitrogens with zero attached hydrogens (tertiary/aromatic N) is 6. The second-order valence-corrected chi connectivity index (χ2v) is 8.14. The molecule has 0 fully saturated rings. The minimum Gasteiger partial charge on any atom is -0.462 e. The van der Waals surface area contributed by atoms with Crippen molar-refractivity contribution in [2.75, 3.05) is 6.61 Å². The third-order valence-corrected chi connectivity index (χ3v) is 5.84. The average Bonchev–Trinajstić information content (AvgIpc) is 3.32. The van der Waals surface area contributed by atoms with Crippen LogP contribution in [0.5, 0.6) is 0 Å². The zero-order valence-corrected chi connectivity index (χ0v) is 17.4. The van der Waals surface area contributed by atoms with Crippen molar-refractivity contribution in [3.63, 3.8) is 0 Å². The Morgan fingerprint density at radius 2 is 2.26 bits per heavy atom. The SMILES string of the molecule is CCOC(=O)c1sc2ncn3nc([C@@H](C)Cn4cc(Br)cn4)nc3c2c1C. The van der Waals surface area contributed by atoms with Crippen LogP contribution in [0.1, 0.15) is 40.8 Å². The molecule has 0 N–H and O–H groups in total. The molecule has 8 nitrogen and oxygen atoms in total. The normalized spacial score (nSPS) is 12.7. The van der Waals surface area contributed by atoms with Crippen LogP contribution >= 0.6 is 27.3 Å². The molecular formula is C17H17BrN6O2S. The van der Waals surface area contributed by atoms with Crippen molar-refractivity contribution in [2.24, 2.45) is 0 Å². The van der Waals surface area contributed by atoms with E-state index in [1.54, 1.807) is 24.0 Å². The van der Waals surface area contributed by atoms with Gasteiger partial charge in [-0.05, 0) is 35.3 Å². The van der Waals surface area contributed by atoms with Crippen LogP contribution < -0.4 is 0 Å². The Morgan fingerprint density at radius 1 is 1.44 bits per heavy atom. The lowest BCUT2D eigenvalue weighted by molar-refractivity contribution is 0.0531. The van der Waals surface area contributed by atoms with E-state index in [-0.39, 0.29) is 11.9 Å². The van der Waals surface area contributed by atoms with Crippen molar-refractivity contribution >= 4 is 49.1 Å². The molecular weight excluding hydrogens is 432 g/mol. The summed E-state index contributed by atoms with van der Waals surface area (Å²) in [6.07, 6.45) is 5.31. The molecule has 0 aliphatic rings. The van der Waals surface area contributed by atoms with E-state index in [4.69, 9.17) is 9.72 Å². The molecule has 0 amide bonds. The van der Waals surface area contributed by atoms with Crippen LogP contribution in [0.3, 0.4) is 0 Å². The lowest BCUT2D eigenvalue weighted by atomic mass is 10.1. The highest BCUT2D eigenvalue weighted by molar-refractivity contribution is 9.10. The highest BCUT2D eigenvalue weighted by Gasteiger charge is 2.22. The first-order valence-electron chi connectivity index (χ1n) is 8.47.